The third-order valence-electron chi connectivity index (χ3n) is 6.52. The predicted octanol–water partition coefficient (Wildman–Crippen LogP) is 5.12. The maximum absolute atomic E-state index is 14.2. The number of aromatic nitrogens is 2. The van der Waals surface area contributed by atoms with E-state index in [0.717, 1.165) is 38.6 Å². The first kappa shape index (κ1) is 23.0. The number of aryl methyl sites for hydroxylation is 1. The Morgan fingerprint density at radius 3 is 3.00 bits per heavy atom. The molecule has 2 N–H and O–H groups in total. The van der Waals surface area contributed by atoms with E-state index in [-0.39, 0.29) is 17.8 Å². The second-order valence-electron chi connectivity index (χ2n) is 8.95. The third kappa shape index (κ3) is 4.45. The van der Waals surface area contributed by atoms with Gasteiger partial charge in [0.2, 0.25) is 5.91 Å². The molecular formula is C27H24FN5OS2. The number of carbonyl (C=O) groups is 1. The number of hydrogen-bond acceptors (Lipinski definition) is 7. The van der Waals surface area contributed by atoms with Crippen LogP contribution in [0.4, 0.5) is 10.2 Å². The molecule has 0 radical (unpaired) electrons. The van der Waals surface area contributed by atoms with Crippen molar-refractivity contribution in [3.8, 4) is 10.4 Å². The van der Waals surface area contributed by atoms with Crippen molar-refractivity contribution in [1.29, 1.82) is 0 Å². The van der Waals surface area contributed by atoms with Gasteiger partial charge >= 0.3 is 0 Å². The van der Waals surface area contributed by atoms with E-state index in [1.54, 1.807) is 48.1 Å². The lowest BCUT2D eigenvalue weighted by atomic mass is 10.1. The maximum Gasteiger partial charge on any atom is 0.239 e. The highest BCUT2D eigenvalue weighted by Gasteiger charge is 2.27. The molecule has 1 aliphatic rings. The largest absolute Gasteiger partial charge is 0.352 e. The smallest absolute Gasteiger partial charge is 0.239 e. The Labute approximate surface area is 215 Å². The zero-order chi connectivity index (χ0) is 24.6. The SMILES string of the molecule is Cc1ccc(-c2cc3ncnc(N4CCN[C@H](C(=O)NCc5ccc6sccc6c5)C4)c3s2)cc1F. The fourth-order valence-corrected chi connectivity index (χ4v) is 6.41. The molecule has 0 bridgehead atoms. The van der Waals surface area contributed by atoms with Crippen molar-refractivity contribution in [3.63, 3.8) is 0 Å². The van der Waals surface area contributed by atoms with Gasteiger partial charge < -0.3 is 15.5 Å². The zero-order valence-corrected chi connectivity index (χ0v) is 21.3. The van der Waals surface area contributed by atoms with Crippen LogP contribution in [-0.4, -0.2) is 41.6 Å². The second kappa shape index (κ2) is 9.57. The van der Waals surface area contributed by atoms with E-state index in [4.69, 9.17) is 0 Å². The first-order valence-electron chi connectivity index (χ1n) is 11.8. The van der Waals surface area contributed by atoms with Gasteiger partial charge in [-0.2, -0.15) is 0 Å². The van der Waals surface area contributed by atoms with Crippen molar-refractivity contribution in [2.75, 3.05) is 24.5 Å². The number of carbonyl (C=O) groups excluding carboxylic acids is 1. The molecule has 1 fully saturated rings. The summed E-state index contributed by atoms with van der Waals surface area (Å²) >= 11 is 3.26. The highest BCUT2D eigenvalue weighted by molar-refractivity contribution is 7.22. The molecule has 0 spiro atoms. The van der Waals surface area contributed by atoms with Crippen molar-refractivity contribution >= 4 is 54.7 Å². The number of anilines is 1. The highest BCUT2D eigenvalue weighted by Crippen LogP contribution is 2.37. The molecule has 0 saturated carbocycles. The Bertz CT molecular complexity index is 1580. The van der Waals surface area contributed by atoms with Crippen LogP contribution in [0, 0.1) is 12.7 Å². The summed E-state index contributed by atoms with van der Waals surface area (Å²) < 4.78 is 16.3. The minimum Gasteiger partial charge on any atom is -0.352 e. The molecule has 5 aromatic rings. The molecule has 1 aliphatic heterocycles. The van der Waals surface area contributed by atoms with Gasteiger partial charge in [-0.05, 0) is 64.7 Å². The topological polar surface area (TPSA) is 70.2 Å². The monoisotopic (exact) mass is 517 g/mol. The fraction of sp³-hybridized carbons (Fsp3) is 0.222. The van der Waals surface area contributed by atoms with Gasteiger partial charge in [0.05, 0.1) is 10.2 Å². The molecule has 4 heterocycles. The molecule has 1 amide bonds. The fourth-order valence-electron chi connectivity index (χ4n) is 4.51. The number of rotatable bonds is 5. The van der Waals surface area contributed by atoms with Crippen LogP contribution in [0.5, 0.6) is 0 Å². The minimum absolute atomic E-state index is 0.0302. The Morgan fingerprint density at radius 2 is 2.11 bits per heavy atom. The highest BCUT2D eigenvalue weighted by atomic mass is 32.1. The lowest BCUT2D eigenvalue weighted by Gasteiger charge is -2.33. The predicted molar refractivity (Wildman–Crippen MR) is 145 cm³/mol. The molecule has 9 heteroatoms. The Kier molecular flexibility index (Phi) is 6.12. The van der Waals surface area contributed by atoms with E-state index in [2.05, 4.69) is 55.1 Å². The van der Waals surface area contributed by atoms with Gasteiger partial charge in [-0.1, -0.05) is 18.2 Å². The van der Waals surface area contributed by atoms with Crippen molar-refractivity contribution in [2.24, 2.45) is 0 Å². The second-order valence-corrected chi connectivity index (χ2v) is 10.9. The number of thiophene rings is 2. The number of fused-ring (bicyclic) bond motifs is 2. The van der Waals surface area contributed by atoms with Gasteiger partial charge in [-0.15, -0.1) is 22.7 Å². The molecule has 6 rings (SSSR count). The summed E-state index contributed by atoms with van der Waals surface area (Å²) in [4.78, 5) is 25.1. The van der Waals surface area contributed by atoms with E-state index < -0.39 is 0 Å². The van der Waals surface area contributed by atoms with Gasteiger partial charge in [-0.25, -0.2) is 14.4 Å². The van der Waals surface area contributed by atoms with E-state index in [1.807, 2.05) is 12.1 Å². The van der Waals surface area contributed by atoms with Crippen LogP contribution in [0.25, 0.3) is 30.7 Å². The third-order valence-corrected chi connectivity index (χ3v) is 8.59. The average molecular weight is 518 g/mol. The quantitative estimate of drug-likeness (QED) is 0.339. The standard InChI is InChI=1S/C27H24FN5OS2/c1-16-2-4-18(11-20(16)28)24-12-21-25(36-24)26(32-15-31-21)33-8-7-29-22(14-33)27(34)30-13-17-3-5-23-19(10-17)6-9-35-23/h2-6,9-12,15,22,29H,7-8,13-14H2,1H3,(H,30,34)/t22-/m0/s1. The number of nitrogens with one attached hydrogen (secondary N) is 2. The van der Waals surface area contributed by atoms with Gasteiger partial charge in [-0.3, -0.25) is 4.79 Å². The molecule has 1 saturated heterocycles. The van der Waals surface area contributed by atoms with Crippen LogP contribution in [0.15, 0.2) is 60.2 Å². The number of amides is 1. The van der Waals surface area contributed by atoms with Crippen LogP contribution in [0.2, 0.25) is 0 Å². The summed E-state index contributed by atoms with van der Waals surface area (Å²) in [5, 5.41) is 9.69. The van der Waals surface area contributed by atoms with Crippen molar-refractivity contribution < 1.29 is 9.18 Å². The molecule has 1 atom stereocenters. The molecule has 0 unspecified atom stereocenters. The average Bonchev–Trinajstić information content (AvgIpc) is 3.55. The van der Waals surface area contributed by atoms with Crippen molar-refractivity contribution in [1.82, 2.24) is 20.6 Å². The summed E-state index contributed by atoms with van der Waals surface area (Å²) in [7, 11) is 0. The molecule has 182 valence electrons. The van der Waals surface area contributed by atoms with Crippen LogP contribution in [-0.2, 0) is 11.3 Å². The normalized spacial score (nSPS) is 16.1. The van der Waals surface area contributed by atoms with Crippen LogP contribution in [0.3, 0.4) is 0 Å². The number of piperazine rings is 1. The Balaban J connectivity index is 1.19. The van der Waals surface area contributed by atoms with Crippen molar-refractivity contribution in [3.05, 3.63) is 77.2 Å². The lowest BCUT2D eigenvalue weighted by Crippen LogP contribution is -2.57. The Morgan fingerprint density at radius 1 is 1.19 bits per heavy atom. The maximum atomic E-state index is 14.2. The van der Waals surface area contributed by atoms with E-state index in [0.29, 0.717) is 25.2 Å². The number of nitrogens with zero attached hydrogens (tertiary/aromatic N) is 3. The lowest BCUT2D eigenvalue weighted by molar-refractivity contribution is -0.123. The van der Waals surface area contributed by atoms with Crippen LogP contribution in [0.1, 0.15) is 11.1 Å². The summed E-state index contributed by atoms with van der Waals surface area (Å²) in [6, 6.07) is 15.3. The van der Waals surface area contributed by atoms with E-state index in [9.17, 15) is 9.18 Å². The summed E-state index contributed by atoms with van der Waals surface area (Å²) in [5.41, 5.74) is 3.35. The molecular weight excluding hydrogens is 493 g/mol. The first-order chi connectivity index (χ1) is 17.5. The van der Waals surface area contributed by atoms with Gasteiger partial charge in [0, 0.05) is 35.8 Å². The molecule has 0 aliphatic carbocycles. The van der Waals surface area contributed by atoms with Crippen molar-refractivity contribution in [2.45, 2.75) is 19.5 Å². The van der Waals surface area contributed by atoms with E-state index in [1.165, 1.54) is 10.1 Å². The van der Waals surface area contributed by atoms with E-state index >= 15 is 0 Å². The summed E-state index contributed by atoms with van der Waals surface area (Å²) in [5.74, 6) is 0.561. The van der Waals surface area contributed by atoms with Crippen LogP contribution >= 0.6 is 22.7 Å². The summed E-state index contributed by atoms with van der Waals surface area (Å²) in [6.07, 6.45) is 1.56. The Hall–Kier alpha value is -3.40. The molecule has 6 nitrogen and oxygen atoms in total. The van der Waals surface area contributed by atoms with Gasteiger partial charge in [0.15, 0.2) is 0 Å². The zero-order valence-electron chi connectivity index (χ0n) is 19.6. The number of hydrogen-bond donors (Lipinski definition) is 2. The molecule has 2 aromatic carbocycles. The summed E-state index contributed by atoms with van der Waals surface area (Å²) in [6.45, 7) is 4.16. The minimum atomic E-state index is -0.348. The molecule has 3 aromatic heterocycles. The molecule has 36 heavy (non-hydrogen) atoms. The first-order valence-corrected chi connectivity index (χ1v) is 13.5. The number of benzene rings is 2. The van der Waals surface area contributed by atoms with Gasteiger partial charge in [0.25, 0.3) is 0 Å². The van der Waals surface area contributed by atoms with Gasteiger partial charge in [0.1, 0.15) is 24.0 Å². The van der Waals surface area contributed by atoms with Crippen LogP contribution < -0.4 is 15.5 Å². The number of halogens is 1.